The molecule has 0 saturated heterocycles. The highest BCUT2D eigenvalue weighted by atomic mass is 16.5. The van der Waals surface area contributed by atoms with Gasteiger partial charge in [0.05, 0.1) is 7.11 Å². The summed E-state index contributed by atoms with van der Waals surface area (Å²) in [5, 5.41) is 2.83. The second-order valence-electron chi connectivity index (χ2n) is 5.74. The number of carbonyl (C=O) groups excluding carboxylic acids is 2. The van der Waals surface area contributed by atoms with Gasteiger partial charge in [-0.1, -0.05) is 36.4 Å². The van der Waals surface area contributed by atoms with Crippen LogP contribution in [0.15, 0.2) is 48.5 Å². The summed E-state index contributed by atoms with van der Waals surface area (Å²) in [7, 11) is 1.49. The van der Waals surface area contributed by atoms with E-state index in [4.69, 9.17) is 20.9 Å². The second kappa shape index (κ2) is 9.43. The normalized spacial score (nSPS) is 11.5. The first-order chi connectivity index (χ1) is 12.5. The molecule has 0 fully saturated rings. The summed E-state index contributed by atoms with van der Waals surface area (Å²) < 4.78 is 10.5. The Morgan fingerprint density at radius 3 is 2.50 bits per heavy atom. The smallest absolute Gasteiger partial charge is 0.255 e. The molecule has 0 bridgehead atoms. The Bertz CT molecular complexity index is 750. The number of carbonyl (C=O) groups is 2. The fourth-order valence-corrected chi connectivity index (χ4v) is 2.38. The lowest BCUT2D eigenvalue weighted by Gasteiger charge is -2.13. The number of nitrogens with two attached hydrogens (primary N) is 2. The highest BCUT2D eigenvalue weighted by molar-refractivity contribution is 5.77. The van der Waals surface area contributed by atoms with E-state index in [0.717, 1.165) is 11.1 Å². The Labute approximate surface area is 152 Å². The van der Waals surface area contributed by atoms with E-state index in [0.29, 0.717) is 18.0 Å². The van der Waals surface area contributed by atoms with Gasteiger partial charge in [0.25, 0.3) is 5.91 Å². The van der Waals surface area contributed by atoms with Crippen LogP contribution in [0, 0.1) is 0 Å². The molecular formula is C19H23N3O4. The summed E-state index contributed by atoms with van der Waals surface area (Å²) in [5.74, 6) is 0.152. The lowest BCUT2D eigenvalue weighted by molar-refractivity contribution is -0.122. The topological polar surface area (TPSA) is 117 Å². The molecule has 2 aromatic carbocycles. The van der Waals surface area contributed by atoms with Crippen molar-refractivity contribution < 1.29 is 19.1 Å². The molecule has 5 N–H and O–H groups in total. The third-order valence-corrected chi connectivity index (χ3v) is 3.72. The molecule has 0 radical (unpaired) electrons. The molecule has 0 saturated carbocycles. The molecule has 26 heavy (non-hydrogen) atoms. The highest BCUT2D eigenvalue weighted by Crippen LogP contribution is 2.28. The zero-order valence-corrected chi connectivity index (χ0v) is 14.6. The molecular weight excluding hydrogens is 334 g/mol. The lowest BCUT2D eigenvalue weighted by Crippen LogP contribution is -2.27. The predicted octanol–water partition coefficient (Wildman–Crippen LogP) is 1.27. The number of hydrogen-bond acceptors (Lipinski definition) is 5. The van der Waals surface area contributed by atoms with E-state index < -0.39 is 5.91 Å². The maximum atomic E-state index is 12.1. The average molecular weight is 357 g/mol. The molecule has 0 aliphatic rings. The van der Waals surface area contributed by atoms with Crippen LogP contribution in [0.4, 0.5) is 0 Å². The van der Waals surface area contributed by atoms with E-state index in [9.17, 15) is 9.59 Å². The van der Waals surface area contributed by atoms with Crippen molar-refractivity contribution in [2.24, 2.45) is 11.5 Å². The monoisotopic (exact) mass is 357 g/mol. The van der Waals surface area contributed by atoms with E-state index >= 15 is 0 Å². The summed E-state index contributed by atoms with van der Waals surface area (Å²) in [5.41, 5.74) is 12.9. The van der Waals surface area contributed by atoms with Gasteiger partial charge in [0.15, 0.2) is 18.1 Å². The second-order valence-corrected chi connectivity index (χ2v) is 5.74. The Hall–Kier alpha value is -3.06. The largest absolute Gasteiger partial charge is 0.493 e. The van der Waals surface area contributed by atoms with Gasteiger partial charge in [0, 0.05) is 19.0 Å². The van der Waals surface area contributed by atoms with Gasteiger partial charge >= 0.3 is 0 Å². The number of primary amides is 1. The van der Waals surface area contributed by atoms with Crippen molar-refractivity contribution >= 4 is 11.8 Å². The zero-order valence-electron chi connectivity index (χ0n) is 14.6. The third kappa shape index (κ3) is 5.78. The van der Waals surface area contributed by atoms with Crippen molar-refractivity contribution in [1.29, 1.82) is 0 Å². The van der Waals surface area contributed by atoms with Crippen molar-refractivity contribution in [1.82, 2.24) is 5.32 Å². The van der Waals surface area contributed by atoms with Gasteiger partial charge in [-0.25, -0.2) is 0 Å². The number of ether oxygens (including phenoxy) is 2. The predicted molar refractivity (Wildman–Crippen MR) is 97.5 cm³/mol. The molecule has 7 nitrogen and oxygen atoms in total. The fourth-order valence-electron chi connectivity index (χ4n) is 2.38. The first kappa shape index (κ1) is 19.3. The van der Waals surface area contributed by atoms with E-state index in [-0.39, 0.29) is 25.0 Å². The summed E-state index contributed by atoms with van der Waals surface area (Å²) in [4.78, 5) is 22.9. The number of amides is 2. The van der Waals surface area contributed by atoms with Crippen molar-refractivity contribution in [3.63, 3.8) is 0 Å². The van der Waals surface area contributed by atoms with Crippen LogP contribution in [0.3, 0.4) is 0 Å². The first-order valence-electron chi connectivity index (χ1n) is 8.15. The Morgan fingerprint density at radius 2 is 1.85 bits per heavy atom. The van der Waals surface area contributed by atoms with Gasteiger partial charge in [0.1, 0.15) is 0 Å². The zero-order chi connectivity index (χ0) is 18.9. The van der Waals surface area contributed by atoms with Gasteiger partial charge in [-0.15, -0.1) is 0 Å². The van der Waals surface area contributed by atoms with Crippen LogP contribution >= 0.6 is 0 Å². The maximum absolute atomic E-state index is 12.1. The first-order valence-corrected chi connectivity index (χ1v) is 8.15. The van der Waals surface area contributed by atoms with Crippen LogP contribution < -0.4 is 26.3 Å². The molecule has 0 aliphatic heterocycles. The molecule has 2 aromatic rings. The molecule has 0 aliphatic carbocycles. The average Bonchev–Trinajstić information content (AvgIpc) is 2.65. The summed E-state index contributed by atoms with van der Waals surface area (Å²) in [6, 6.07) is 14.3. The molecule has 1 atom stereocenters. The van der Waals surface area contributed by atoms with E-state index in [1.165, 1.54) is 7.11 Å². The Balaban J connectivity index is 1.90. The lowest BCUT2D eigenvalue weighted by atomic mass is 10.0. The van der Waals surface area contributed by atoms with Crippen molar-refractivity contribution in [3.8, 4) is 11.5 Å². The molecule has 0 aromatic heterocycles. The summed E-state index contributed by atoms with van der Waals surface area (Å²) in [6.45, 7) is 0.0939. The Kier molecular flexibility index (Phi) is 6.99. The van der Waals surface area contributed by atoms with Crippen molar-refractivity contribution in [3.05, 3.63) is 59.7 Å². The van der Waals surface area contributed by atoms with Gasteiger partial charge in [0.2, 0.25) is 5.91 Å². The molecule has 0 heterocycles. The van der Waals surface area contributed by atoms with E-state index in [1.54, 1.807) is 18.2 Å². The fraction of sp³-hybridized carbons (Fsp3) is 0.263. The molecule has 2 amide bonds. The minimum Gasteiger partial charge on any atom is -0.493 e. The highest BCUT2D eigenvalue weighted by Gasteiger charge is 2.12. The Morgan fingerprint density at radius 1 is 1.12 bits per heavy atom. The van der Waals surface area contributed by atoms with Crippen LogP contribution in [-0.4, -0.2) is 25.5 Å². The summed E-state index contributed by atoms with van der Waals surface area (Å²) in [6.07, 6.45) is 0.195. The molecule has 1 unspecified atom stereocenters. The standard InChI is InChI=1S/C19H23N3O4/c1-25-17-9-13(7-8-16(17)26-12-18(21)23)11-22-19(24)10-15(20)14-5-3-2-4-6-14/h2-9,15H,10-12,20H2,1H3,(H2,21,23)(H,22,24). The minimum atomic E-state index is -0.571. The number of nitrogens with one attached hydrogen (secondary N) is 1. The van der Waals surface area contributed by atoms with Crippen molar-refractivity contribution in [2.75, 3.05) is 13.7 Å². The van der Waals surface area contributed by atoms with Crippen LogP contribution in [0.2, 0.25) is 0 Å². The van der Waals surface area contributed by atoms with E-state index in [1.807, 2.05) is 30.3 Å². The summed E-state index contributed by atoms with van der Waals surface area (Å²) >= 11 is 0. The SMILES string of the molecule is COc1cc(CNC(=O)CC(N)c2ccccc2)ccc1OCC(N)=O. The number of rotatable bonds is 9. The molecule has 7 heteroatoms. The van der Waals surface area contributed by atoms with Gasteiger partial charge in [-0.3, -0.25) is 9.59 Å². The van der Waals surface area contributed by atoms with E-state index in [2.05, 4.69) is 5.32 Å². The van der Waals surface area contributed by atoms with Crippen LogP contribution in [0.1, 0.15) is 23.6 Å². The van der Waals surface area contributed by atoms with Crippen LogP contribution in [0.5, 0.6) is 11.5 Å². The maximum Gasteiger partial charge on any atom is 0.255 e. The van der Waals surface area contributed by atoms with Gasteiger partial charge in [-0.05, 0) is 23.3 Å². The van der Waals surface area contributed by atoms with Gasteiger partial charge < -0.3 is 26.3 Å². The van der Waals surface area contributed by atoms with Crippen molar-refractivity contribution in [2.45, 2.75) is 19.0 Å². The number of benzene rings is 2. The number of hydrogen-bond donors (Lipinski definition) is 3. The number of methoxy groups -OCH3 is 1. The minimum absolute atomic E-state index is 0.144. The quantitative estimate of drug-likeness (QED) is 0.625. The molecule has 0 spiro atoms. The van der Waals surface area contributed by atoms with Crippen LogP contribution in [-0.2, 0) is 16.1 Å². The van der Waals surface area contributed by atoms with Crippen LogP contribution in [0.25, 0.3) is 0 Å². The third-order valence-electron chi connectivity index (χ3n) is 3.72. The van der Waals surface area contributed by atoms with Gasteiger partial charge in [-0.2, -0.15) is 0 Å². The molecule has 138 valence electrons. The molecule has 2 rings (SSSR count).